The SMILES string of the molecule is Nc1nc2ccc(F)c(F)c2n1-c1c(F)cccc1F. The van der Waals surface area contributed by atoms with E-state index >= 15 is 0 Å². The Morgan fingerprint density at radius 3 is 2.20 bits per heavy atom. The highest BCUT2D eigenvalue weighted by Crippen LogP contribution is 2.29. The summed E-state index contributed by atoms with van der Waals surface area (Å²) in [6.07, 6.45) is 0. The van der Waals surface area contributed by atoms with Gasteiger partial charge in [-0.3, -0.25) is 4.57 Å². The predicted molar refractivity (Wildman–Crippen MR) is 65.3 cm³/mol. The molecule has 2 N–H and O–H groups in total. The molecule has 20 heavy (non-hydrogen) atoms. The van der Waals surface area contributed by atoms with Crippen molar-refractivity contribution >= 4 is 17.0 Å². The number of hydrogen-bond donors (Lipinski definition) is 1. The highest BCUT2D eigenvalue weighted by Gasteiger charge is 2.21. The zero-order valence-electron chi connectivity index (χ0n) is 9.87. The van der Waals surface area contributed by atoms with Crippen LogP contribution >= 0.6 is 0 Å². The van der Waals surface area contributed by atoms with Crippen LogP contribution in [0.25, 0.3) is 16.7 Å². The molecule has 0 radical (unpaired) electrons. The summed E-state index contributed by atoms with van der Waals surface area (Å²) >= 11 is 0. The molecule has 1 heterocycles. The van der Waals surface area contributed by atoms with Crippen LogP contribution in [0, 0.1) is 23.3 Å². The smallest absolute Gasteiger partial charge is 0.206 e. The second-order valence-corrected chi connectivity index (χ2v) is 4.10. The average molecular weight is 281 g/mol. The Morgan fingerprint density at radius 2 is 1.55 bits per heavy atom. The topological polar surface area (TPSA) is 43.8 Å². The van der Waals surface area contributed by atoms with Gasteiger partial charge in [0.15, 0.2) is 11.6 Å². The van der Waals surface area contributed by atoms with E-state index < -0.39 is 34.5 Å². The second-order valence-electron chi connectivity index (χ2n) is 4.10. The summed E-state index contributed by atoms with van der Waals surface area (Å²) in [5.74, 6) is -4.68. The molecule has 1 aromatic heterocycles. The zero-order valence-corrected chi connectivity index (χ0v) is 9.87. The maximum Gasteiger partial charge on any atom is 0.206 e. The third-order valence-electron chi connectivity index (χ3n) is 2.90. The summed E-state index contributed by atoms with van der Waals surface area (Å²) in [4.78, 5) is 3.77. The van der Waals surface area contributed by atoms with Gasteiger partial charge >= 0.3 is 0 Å². The van der Waals surface area contributed by atoms with Crippen LogP contribution < -0.4 is 5.73 Å². The third kappa shape index (κ3) is 1.63. The lowest BCUT2D eigenvalue weighted by Crippen LogP contribution is -2.06. The quantitative estimate of drug-likeness (QED) is 0.696. The Kier molecular flexibility index (Phi) is 2.63. The van der Waals surface area contributed by atoms with E-state index in [1.54, 1.807) is 0 Å². The molecule has 0 atom stereocenters. The highest BCUT2D eigenvalue weighted by molar-refractivity contribution is 5.81. The van der Waals surface area contributed by atoms with Crippen molar-refractivity contribution in [1.82, 2.24) is 9.55 Å². The second kappa shape index (κ2) is 4.22. The van der Waals surface area contributed by atoms with Gasteiger partial charge in [0.25, 0.3) is 0 Å². The minimum atomic E-state index is -1.27. The van der Waals surface area contributed by atoms with E-state index in [0.29, 0.717) is 0 Å². The van der Waals surface area contributed by atoms with E-state index in [-0.39, 0.29) is 11.5 Å². The Balaban J connectivity index is 2.48. The third-order valence-corrected chi connectivity index (χ3v) is 2.90. The molecule has 3 nitrogen and oxygen atoms in total. The number of imidazole rings is 1. The molecule has 0 bridgehead atoms. The standard InChI is InChI=1S/C13H7F4N3/c14-6-4-5-9-12(10(6)17)20(13(18)19-9)11-7(15)2-1-3-8(11)16/h1-5H,(H2,18,19). The Hall–Kier alpha value is -2.57. The minimum Gasteiger partial charge on any atom is -0.369 e. The fourth-order valence-electron chi connectivity index (χ4n) is 2.05. The van der Waals surface area contributed by atoms with Gasteiger partial charge in [-0.2, -0.15) is 0 Å². The van der Waals surface area contributed by atoms with Gasteiger partial charge in [-0.05, 0) is 24.3 Å². The fraction of sp³-hybridized carbons (Fsp3) is 0. The van der Waals surface area contributed by atoms with Crippen LogP contribution in [-0.4, -0.2) is 9.55 Å². The van der Waals surface area contributed by atoms with Crippen molar-refractivity contribution in [1.29, 1.82) is 0 Å². The van der Waals surface area contributed by atoms with Crippen molar-refractivity contribution in [3.63, 3.8) is 0 Å². The van der Waals surface area contributed by atoms with Crippen molar-refractivity contribution in [2.45, 2.75) is 0 Å². The molecule has 3 aromatic rings. The number of anilines is 1. The average Bonchev–Trinajstić information content (AvgIpc) is 2.72. The summed E-state index contributed by atoms with van der Waals surface area (Å²) in [7, 11) is 0. The summed E-state index contributed by atoms with van der Waals surface area (Å²) in [6.45, 7) is 0. The zero-order chi connectivity index (χ0) is 14.4. The van der Waals surface area contributed by atoms with Crippen LogP contribution in [0.15, 0.2) is 30.3 Å². The van der Waals surface area contributed by atoms with Gasteiger partial charge in [0.1, 0.15) is 22.8 Å². The lowest BCUT2D eigenvalue weighted by molar-refractivity contribution is 0.513. The number of hydrogen-bond acceptors (Lipinski definition) is 2. The Bertz CT molecular complexity index is 806. The van der Waals surface area contributed by atoms with Crippen LogP contribution in [0.1, 0.15) is 0 Å². The lowest BCUT2D eigenvalue weighted by atomic mass is 10.2. The maximum atomic E-state index is 13.9. The normalized spacial score (nSPS) is 11.2. The maximum absolute atomic E-state index is 13.9. The number of nitrogens with two attached hydrogens (primary N) is 1. The van der Waals surface area contributed by atoms with E-state index in [2.05, 4.69) is 4.98 Å². The fourth-order valence-corrected chi connectivity index (χ4v) is 2.05. The number of para-hydroxylation sites is 1. The van der Waals surface area contributed by atoms with E-state index in [1.807, 2.05) is 0 Å². The molecule has 0 aliphatic carbocycles. The van der Waals surface area contributed by atoms with E-state index in [9.17, 15) is 17.6 Å². The molecule has 0 unspecified atom stereocenters. The first-order chi connectivity index (χ1) is 9.50. The predicted octanol–water partition coefficient (Wildman–Crippen LogP) is 3.16. The van der Waals surface area contributed by atoms with Crippen molar-refractivity contribution in [3.8, 4) is 5.69 Å². The lowest BCUT2D eigenvalue weighted by Gasteiger charge is -2.09. The molecule has 0 amide bonds. The van der Waals surface area contributed by atoms with E-state index in [4.69, 9.17) is 5.73 Å². The number of nitrogens with zero attached hydrogens (tertiary/aromatic N) is 2. The van der Waals surface area contributed by atoms with E-state index in [1.165, 1.54) is 6.07 Å². The molecule has 102 valence electrons. The van der Waals surface area contributed by atoms with Crippen LogP contribution in [0.2, 0.25) is 0 Å². The molecule has 0 aliphatic heterocycles. The number of aromatic nitrogens is 2. The molecule has 3 rings (SSSR count). The van der Waals surface area contributed by atoms with Gasteiger partial charge in [-0.1, -0.05) is 6.07 Å². The first-order valence-corrected chi connectivity index (χ1v) is 5.57. The molecule has 0 spiro atoms. The number of halogens is 4. The van der Waals surface area contributed by atoms with Crippen LogP contribution in [0.5, 0.6) is 0 Å². The molecule has 0 saturated carbocycles. The van der Waals surface area contributed by atoms with Gasteiger partial charge in [0, 0.05) is 0 Å². The van der Waals surface area contributed by atoms with Crippen molar-refractivity contribution < 1.29 is 17.6 Å². The van der Waals surface area contributed by atoms with Crippen molar-refractivity contribution in [2.24, 2.45) is 0 Å². The summed E-state index contributed by atoms with van der Waals surface area (Å²) < 4.78 is 55.5. The van der Waals surface area contributed by atoms with Crippen LogP contribution in [0.4, 0.5) is 23.5 Å². The van der Waals surface area contributed by atoms with Gasteiger partial charge in [0.05, 0.1) is 5.52 Å². The van der Waals surface area contributed by atoms with Crippen LogP contribution in [-0.2, 0) is 0 Å². The summed E-state index contributed by atoms with van der Waals surface area (Å²) in [6, 6.07) is 5.17. The van der Waals surface area contributed by atoms with Crippen molar-refractivity contribution in [3.05, 3.63) is 53.6 Å². The minimum absolute atomic E-state index is 0.00375. The first kappa shape index (κ1) is 12.5. The monoisotopic (exact) mass is 281 g/mol. The molecule has 0 aliphatic rings. The highest BCUT2D eigenvalue weighted by atomic mass is 19.2. The molecular weight excluding hydrogens is 274 g/mol. The molecule has 0 saturated heterocycles. The summed E-state index contributed by atoms with van der Waals surface area (Å²) in [5, 5.41) is 0. The number of rotatable bonds is 1. The van der Waals surface area contributed by atoms with E-state index in [0.717, 1.165) is 28.8 Å². The molecular formula is C13H7F4N3. The van der Waals surface area contributed by atoms with Crippen molar-refractivity contribution in [2.75, 3.05) is 5.73 Å². The number of nitrogen functional groups attached to an aromatic ring is 1. The van der Waals surface area contributed by atoms with Crippen LogP contribution in [0.3, 0.4) is 0 Å². The molecule has 2 aromatic carbocycles. The largest absolute Gasteiger partial charge is 0.369 e. The summed E-state index contributed by atoms with van der Waals surface area (Å²) in [5.41, 5.74) is 4.56. The number of fused-ring (bicyclic) bond motifs is 1. The number of benzene rings is 2. The Labute approximate surface area is 110 Å². The van der Waals surface area contributed by atoms with Gasteiger partial charge in [-0.15, -0.1) is 0 Å². The van der Waals surface area contributed by atoms with Gasteiger partial charge in [-0.25, -0.2) is 22.5 Å². The molecule has 7 heteroatoms. The van der Waals surface area contributed by atoms with Gasteiger partial charge < -0.3 is 5.73 Å². The molecule has 0 fully saturated rings. The Morgan fingerprint density at radius 1 is 0.900 bits per heavy atom. The first-order valence-electron chi connectivity index (χ1n) is 5.57. The van der Waals surface area contributed by atoms with Gasteiger partial charge in [0.2, 0.25) is 5.95 Å².